The molecule has 420 valence electrons. The standard InChI is InChI=1S/C46H79N11O16S/c1-25(2)17-30(46(72)73)55-43(69)29(12-6-8-14-48)53-41(67)26(3)33(60)19-49-36(62)20-50-37(63)21-51-42(68)28(11-5-7-13-47)54-44(70)31(52-27(4)59)24-74-35-18-38(64)57(45(35)71)16-10-9-15-56-22-34(61)40(66)39(65)32(56)23-58/h25-26,28-32,34-35,39-40,58,61,65-66H,5-24,47-48H2,1-4H3,(H,49,62)(H,50,63)(H,51,68)(H,52,59)(H,53,67)(H,54,70)(H,55,69)(H,72,73)/t26?,28?,29?,30?,31?,32-,34+,35?,39-,40-/m1/s1. The van der Waals surface area contributed by atoms with Crippen molar-refractivity contribution in [2.75, 3.05) is 64.7 Å². The van der Waals surface area contributed by atoms with Gasteiger partial charge < -0.3 is 74.2 Å². The van der Waals surface area contributed by atoms with Crippen LogP contribution in [0.5, 0.6) is 0 Å². The van der Waals surface area contributed by atoms with Crippen molar-refractivity contribution in [1.29, 1.82) is 0 Å². The van der Waals surface area contributed by atoms with Gasteiger partial charge in [0.05, 0.1) is 49.6 Å². The first-order chi connectivity index (χ1) is 34.9. The van der Waals surface area contributed by atoms with E-state index in [9.17, 15) is 78.3 Å². The molecule has 2 rings (SSSR count). The van der Waals surface area contributed by atoms with Crippen LogP contribution in [-0.4, -0.2) is 219 Å². The van der Waals surface area contributed by atoms with Gasteiger partial charge in [-0.25, -0.2) is 4.79 Å². The molecular formula is C46H79N11O16S. The predicted octanol–water partition coefficient (Wildman–Crippen LogP) is -5.71. The smallest absolute Gasteiger partial charge is 0.326 e. The number of aliphatic hydroxyl groups excluding tert-OH is 4. The number of carboxylic acids is 1. The number of unbranched alkanes of at least 4 members (excludes halogenated alkanes) is 3. The number of imide groups is 1. The number of rotatable bonds is 35. The molecule has 27 nitrogen and oxygen atoms in total. The zero-order valence-corrected chi connectivity index (χ0v) is 43.5. The largest absolute Gasteiger partial charge is 0.480 e. The van der Waals surface area contributed by atoms with Crippen LogP contribution in [0.15, 0.2) is 0 Å². The normalized spacial score (nSPS) is 20.9. The summed E-state index contributed by atoms with van der Waals surface area (Å²) in [5, 5.41) is 65.6. The highest BCUT2D eigenvalue weighted by Crippen LogP contribution is 2.27. The zero-order chi connectivity index (χ0) is 55.7. The molecule has 2 aliphatic rings. The van der Waals surface area contributed by atoms with Gasteiger partial charge >= 0.3 is 5.97 Å². The maximum atomic E-state index is 13.6. The summed E-state index contributed by atoms with van der Waals surface area (Å²) in [7, 11) is 0. The lowest BCUT2D eigenvalue weighted by atomic mass is 9.94. The fourth-order valence-corrected chi connectivity index (χ4v) is 9.21. The topological polar surface area (TPSA) is 432 Å². The summed E-state index contributed by atoms with van der Waals surface area (Å²) in [4.78, 5) is 144. The Morgan fingerprint density at radius 3 is 1.78 bits per heavy atom. The molecule has 2 heterocycles. The fourth-order valence-electron chi connectivity index (χ4n) is 8.02. The minimum Gasteiger partial charge on any atom is -0.480 e. The molecule has 28 heteroatoms. The Hall–Kier alpha value is -5.36. The van der Waals surface area contributed by atoms with Gasteiger partial charge in [-0.2, -0.15) is 0 Å². The number of Topliss-reactive ketones (excluding diaryl/α,β-unsaturated/α-hetero) is 1. The number of nitrogens with two attached hydrogens (primary N) is 2. The molecule has 16 N–H and O–H groups in total. The Kier molecular flexibility index (Phi) is 29.3. The Morgan fingerprint density at radius 1 is 0.676 bits per heavy atom. The van der Waals surface area contributed by atoms with Gasteiger partial charge in [-0.15, -0.1) is 11.8 Å². The van der Waals surface area contributed by atoms with Crippen molar-refractivity contribution in [3.8, 4) is 0 Å². The van der Waals surface area contributed by atoms with Crippen LogP contribution in [-0.2, 0) is 52.7 Å². The minimum absolute atomic E-state index is 0.0104. The number of β-amino-alcohol motifs (C(OH)–C–C–N with tert-alkyl or cyclic N) is 1. The van der Waals surface area contributed by atoms with E-state index in [0.717, 1.165) is 23.6 Å². The number of amides is 9. The first-order valence-corrected chi connectivity index (χ1v) is 26.0. The first kappa shape index (κ1) is 64.8. The number of hydrogen-bond acceptors (Lipinski definition) is 19. The molecule has 0 saturated carbocycles. The SMILES string of the molecule is CC(=O)NC(CSC1CC(=O)N(CCCCN2C[C@H](O)[C@@H](O)[C@H](O)[C@H]2CO)C1=O)C(=O)NC(CCCCN)C(=O)NCC(=O)NCC(=O)NCC(=O)C(C)C(=O)NC(CCCCN)C(=O)NC(CC(C)C)C(=O)O. The van der Waals surface area contributed by atoms with Crippen molar-refractivity contribution in [1.82, 2.24) is 47.0 Å². The number of piperidine rings is 1. The molecule has 6 unspecified atom stereocenters. The van der Waals surface area contributed by atoms with E-state index in [4.69, 9.17) is 11.5 Å². The summed E-state index contributed by atoms with van der Waals surface area (Å²) in [6, 6.07) is -5.66. The minimum atomic E-state index is -1.41. The number of carbonyl (C=O) groups is 11. The van der Waals surface area contributed by atoms with Gasteiger partial charge in [0.1, 0.15) is 36.4 Å². The van der Waals surface area contributed by atoms with Crippen LogP contribution in [0.4, 0.5) is 0 Å². The molecule has 2 fully saturated rings. The Bertz CT molecular complexity index is 1930. The van der Waals surface area contributed by atoms with Crippen molar-refractivity contribution in [2.45, 2.75) is 146 Å². The number of carbonyl (C=O) groups excluding carboxylic acids is 10. The molecule has 0 aliphatic carbocycles. The summed E-state index contributed by atoms with van der Waals surface area (Å²) in [6.07, 6.45) is -1.27. The molecule has 0 radical (unpaired) electrons. The number of nitrogens with one attached hydrogen (secondary N) is 7. The van der Waals surface area contributed by atoms with Gasteiger partial charge in [-0.05, 0) is 90.3 Å². The number of hydrogen-bond donors (Lipinski definition) is 14. The monoisotopic (exact) mass is 1070 g/mol. The van der Waals surface area contributed by atoms with Gasteiger partial charge in [0, 0.05) is 32.2 Å². The molecule has 2 aliphatic heterocycles. The van der Waals surface area contributed by atoms with Crippen LogP contribution in [0.2, 0.25) is 0 Å². The third kappa shape index (κ3) is 22.2. The molecule has 10 atom stereocenters. The lowest BCUT2D eigenvalue weighted by Crippen LogP contribution is -2.62. The van der Waals surface area contributed by atoms with E-state index in [0.29, 0.717) is 51.6 Å². The van der Waals surface area contributed by atoms with Crippen molar-refractivity contribution < 1.29 is 78.3 Å². The molecule has 0 spiro atoms. The van der Waals surface area contributed by atoms with Gasteiger partial charge in [0.15, 0.2) is 5.78 Å². The highest BCUT2D eigenvalue weighted by molar-refractivity contribution is 8.00. The van der Waals surface area contributed by atoms with Crippen LogP contribution in [0.3, 0.4) is 0 Å². The van der Waals surface area contributed by atoms with Crippen molar-refractivity contribution >= 4 is 76.7 Å². The van der Waals surface area contributed by atoms with Gasteiger partial charge in [0.2, 0.25) is 53.2 Å². The maximum Gasteiger partial charge on any atom is 0.326 e. The molecule has 0 aromatic heterocycles. The van der Waals surface area contributed by atoms with E-state index in [-0.39, 0.29) is 57.0 Å². The summed E-state index contributed by atoms with van der Waals surface area (Å²) in [6.45, 7) is 4.58. The first-order valence-electron chi connectivity index (χ1n) is 25.0. The zero-order valence-electron chi connectivity index (χ0n) is 42.7. The molecule has 74 heavy (non-hydrogen) atoms. The van der Waals surface area contributed by atoms with E-state index >= 15 is 0 Å². The number of carboxylic acid groups (broad SMARTS) is 1. The molecule has 0 aromatic carbocycles. The number of aliphatic carboxylic acids is 1. The van der Waals surface area contributed by atoms with Gasteiger partial charge in [-0.3, -0.25) is 57.7 Å². The summed E-state index contributed by atoms with van der Waals surface area (Å²) in [5.41, 5.74) is 11.2. The van der Waals surface area contributed by atoms with Crippen molar-refractivity contribution in [2.24, 2.45) is 23.3 Å². The van der Waals surface area contributed by atoms with E-state index in [1.165, 1.54) is 6.92 Å². The highest BCUT2D eigenvalue weighted by Gasteiger charge is 2.42. The molecule has 2 saturated heterocycles. The molecule has 0 bridgehead atoms. The van der Waals surface area contributed by atoms with Crippen LogP contribution in [0.25, 0.3) is 0 Å². The van der Waals surface area contributed by atoms with Gasteiger partial charge in [-0.1, -0.05) is 13.8 Å². The van der Waals surface area contributed by atoms with Crippen molar-refractivity contribution in [3.63, 3.8) is 0 Å². The van der Waals surface area contributed by atoms with Crippen LogP contribution >= 0.6 is 11.8 Å². The summed E-state index contributed by atoms with van der Waals surface area (Å²) >= 11 is 0.966. The third-order valence-electron chi connectivity index (χ3n) is 12.3. The number of thioether (sulfide) groups is 1. The number of nitrogens with zero attached hydrogens (tertiary/aromatic N) is 2. The van der Waals surface area contributed by atoms with E-state index in [1.807, 2.05) is 0 Å². The Morgan fingerprint density at radius 2 is 1.22 bits per heavy atom. The molecule has 0 aromatic rings. The second kappa shape index (κ2) is 33.5. The fraction of sp³-hybridized carbons (Fsp3) is 0.761. The Labute approximate surface area is 434 Å². The molecular weight excluding hydrogens is 995 g/mol. The second-order valence-corrected chi connectivity index (χ2v) is 20.1. The average molecular weight is 1070 g/mol. The maximum absolute atomic E-state index is 13.6. The quantitative estimate of drug-likeness (QED) is 0.0160. The predicted molar refractivity (Wildman–Crippen MR) is 267 cm³/mol. The number of likely N-dealkylation sites (tertiary alicyclic amines) is 2. The second-order valence-electron chi connectivity index (χ2n) is 18.8. The summed E-state index contributed by atoms with van der Waals surface area (Å²) in [5.74, 6) is -9.92. The van der Waals surface area contributed by atoms with Crippen molar-refractivity contribution in [3.05, 3.63) is 0 Å². The lowest BCUT2D eigenvalue weighted by molar-refractivity contribution is -0.145. The third-order valence-corrected chi connectivity index (χ3v) is 13.6. The number of aliphatic hydroxyl groups is 4. The number of ketones is 1. The average Bonchev–Trinajstić information content (AvgIpc) is 3.62. The van der Waals surface area contributed by atoms with Crippen LogP contribution in [0.1, 0.15) is 91.9 Å². The lowest BCUT2D eigenvalue weighted by Gasteiger charge is -2.43. The van der Waals surface area contributed by atoms with Gasteiger partial charge in [0.25, 0.3) is 0 Å². The van der Waals surface area contributed by atoms with Crippen LogP contribution in [0, 0.1) is 11.8 Å². The highest BCUT2D eigenvalue weighted by atomic mass is 32.2. The van der Waals surface area contributed by atoms with E-state index in [2.05, 4.69) is 37.2 Å². The van der Waals surface area contributed by atoms with E-state index in [1.54, 1.807) is 18.7 Å². The summed E-state index contributed by atoms with van der Waals surface area (Å²) < 4.78 is 0. The van der Waals surface area contributed by atoms with Crippen LogP contribution < -0.4 is 48.7 Å². The van der Waals surface area contributed by atoms with E-state index < -0.39 is 151 Å². The Balaban J connectivity index is 1.91. The molecule has 9 amide bonds.